The van der Waals surface area contributed by atoms with E-state index in [1.165, 1.54) is 57.9 Å². The van der Waals surface area contributed by atoms with Gasteiger partial charge in [-0.15, -0.1) is 0 Å². The minimum atomic E-state index is 0.757. The molecule has 0 unspecified atom stereocenters. The molecule has 0 heterocycles. The summed E-state index contributed by atoms with van der Waals surface area (Å²) in [6, 6.07) is 0.757. The minimum absolute atomic E-state index is 0.757. The third-order valence-corrected chi connectivity index (χ3v) is 3.60. The van der Waals surface area contributed by atoms with Crippen LogP contribution < -0.4 is 5.32 Å². The van der Waals surface area contributed by atoms with Gasteiger partial charge in [0.1, 0.15) is 0 Å². The van der Waals surface area contributed by atoms with Crippen LogP contribution in [0.1, 0.15) is 65.2 Å². The zero-order valence-corrected chi connectivity index (χ0v) is 10.0. The maximum atomic E-state index is 3.69. The van der Waals surface area contributed by atoms with Crippen molar-refractivity contribution in [2.75, 3.05) is 6.54 Å². The Balaban J connectivity index is 2.04. The highest BCUT2D eigenvalue weighted by Crippen LogP contribution is 2.26. The van der Waals surface area contributed by atoms with Gasteiger partial charge in [-0.05, 0) is 38.6 Å². The van der Waals surface area contributed by atoms with Crippen LogP contribution in [0.5, 0.6) is 0 Å². The molecule has 0 radical (unpaired) electrons. The molecule has 1 fully saturated rings. The van der Waals surface area contributed by atoms with Crippen molar-refractivity contribution in [2.45, 2.75) is 71.3 Å². The number of nitrogens with one attached hydrogen (secondary N) is 1. The Kier molecular flexibility index (Phi) is 6.25. The third kappa shape index (κ3) is 4.45. The summed E-state index contributed by atoms with van der Waals surface area (Å²) in [7, 11) is 0. The van der Waals surface area contributed by atoms with Gasteiger partial charge in [-0.25, -0.2) is 0 Å². The molecule has 0 aliphatic heterocycles. The van der Waals surface area contributed by atoms with E-state index in [2.05, 4.69) is 19.2 Å². The Morgan fingerprint density at radius 1 is 1.14 bits per heavy atom. The lowest BCUT2D eigenvalue weighted by atomic mass is 9.84. The largest absolute Gasteiger partial charge is 0.314 e. The predicted molar refractivity (Wildman–Crippen MR) is 63.6 cm³/mol. The van der Waals surface area contributed by atoms with Crippen LogP contribution in [0.3, 0.4) is 0 Å². The molecule has 0 amide bonds. The van der Waals surface area contributed by atoms with Crippen LogP contribution in [0.25, 0.3) is 0 Å². The fraction of sp³-hybridized carbons (Fsp3) is 1.00. The molecule has 0 aromatic rings. The molecular formula is C13H27N. The molecule has 1 atom stereocenters. The van der Waals surface area contributed by atoms with Gasteiger partial charge in [0.25, 0.3) is 0 Å². The molecule has 1 saturated carbocycles. The van der Waals surface area contributed by atoms with E-state index in [-0.39, 0.29) is 0 Å². The quantitative estimate of drug-likeness (QED) is 0.640. The summed E-state index contributed by atoms with van der Waals surface area (Å²) in [6.45, 7) is 5.87. The molecule has 84 valence electrons. The summed E-state index contributed by atoms with van der Waals surface area (Å²) in [5.74, 6) is 0.963. The molecule has 1 heteroatoms. The van der Waals surface area contributed by atoms with Crippen molar-refractivity contribution in [2.24, 2.45) is 5.92 Å². The molecule has 1 nitrogen and oxygen atoms in total. The first-order chi connectivity index (χ1) is 6.84. The Hall–Kier alpha value is -0.0400. The first-order valence-electron chi connectivity index (χ1n) is 6.58. The summed E-state index contributed by atoms with van der Waals surface area (Å²) < 4.78 is 0. The van der Waals surface area contributed by atoms with E-state index >= 15 is 0 Å². The number of hydrogen-bond donors (Lipinski definition) is 1. The van der Waals surface area contributed by atoms with Gasteiger partial charge in [-0.2, -0.15) is 0 Å². The summed E-state index contributed by atoms with van der Waals surface area (Å²) >= 11 is 0. The molecule has 14 heavy (non-hydrogen) atoms. The van der Waals surface area contributed by atoms with Gasteiger partial charge >= 0.3 is 0 Å². The SMILES string of the molecule is CCCCCN[C@H](C)C1CCCCC1. The van der Waals surface area contributed by atoms with Crippen molar-refractivity contribution in [3.8, 4) is 0 Å². The Labute approximate surface area is 89.7 Å². The van der Waals surface area contributed by atoms with Gasteiger partial charge in [-0.1, -0.05) is 39.0 Å². The van der Waals surface area contributed by atoms with Crippen molar-refractivity contribution in [1.29, 1.82) is 0 Å². The number of hydrogen-bond acceptors (Lipinski definition) is 1. The Morgan fingerprint density at radius 2 is 1.86 bits per heavy atom. The Morgan fingerprint density at radius 3 is 2.50 bits per heavy atom. The summed E-state index contributed by atoms with van der Waals surface area (Å²) in [5, 5.41) is 3.69. The molecule has 1 aliphatic carbocycles. The average molecular weight is 197 g/mol. The van der Waals surface area contributed by atoms with E-state index in [1.54, 1.807) is 0 Å². The van der Waals surface area contributed by atoms with Crippen LogP contribution in [0.4, 0.5) is 0 Å². The standard InChI is InChI=1S/C13H27N/c1-3-4-8-11-14-12(2)13-9-6-5-7-10-13/h12-14H,3-11H2,1-2H3/t12-/m1/s1. The summed E-state index contributed by atoms with van der Waals surface area (Å²) in [6.07, 6.45) is 11.4. The zero-order valence-electron chi connectivity index (χ0n) is 10.0. The minimum Gasteiger partial charge on any atom is -0.314 e. The second-order valence-corrected chi connectivity index (χ2v) is 4.85. The fourth-order valence-corrected chi connectivity index (χ4v) is 2.51. The lowest BCUT2D eigenvalue weighted by Crippen LogP contribution is -2.35. The van der Waals surface area contributed by atoms with Crippen molar-refractivity contribution in [1.82, 2.24) is 5.32 Å². The maximum Gasteiger partial charge on any atom is 0.00669 e. The molecule has 0 aromatic carbocycles. The molecular weight excluding hydrogens is 170 g/mol. The molecule has 1 N–H and O–H groups in total. The molecule has 0 bridgehead atoms. The van der Waals surface area contributed by atoms with Crippen LogP contribution in [0.2, 0.25) is 0 Å². The van der Waals surface area contributed by atoms with Crippen LogP contribution in [0, 0.1) is 5.92 Å². The van der Waals surface area contributed by atoms with Gasteiger partial charge in [0, 0.05) is 6.04 Å². The monoisotopic (exact) mass is 197 g/mol. The van der Waals surface area contributed by atoms with E-state index < -0.39 is 0 Å². The molecule has 0 saturated heterocycles. The predicted octanol–water partition coefficient (Wildman–Crippen LogP) is 3.74. The van der Waals surface area contributed by atoms with E-state index in [0.29, 0.717) is 0 Å². The van der Waals surface area contributed by atoms with E-state index in [1.807, 2.05) is 0 Å². The van der Waals surface area contributed by atoms with Gasteiger partial charge < -0.3 is 5.32 Å². The van der Waals surface area contributed by atoms with E-state index in [0.717, 1.165) is 12.0 Å². The summed E-state index contributed by atoms with van der Waals surface area (Å²) in [5.41, 5.74) is 0. The highest BCUT2D eigenvalue weighted by molar-refractivity contribution is 4.75. The Bertz CT molecular complexity index is 127. The molecule has 0 aromatic heterocycles. The summed E-state index contributed by atoms with van der Waals surface area (Å²) in [4.78, 5) is 0. The van der Waals surface area contributed by atoms with Gasteiger partial charge in [0.05, 0.1) is 0 Å². The topological polar surface area (TPSA) is 12.0 Å². The molecule has 1 rings (SSSR count). The van der Waals surface area contributed by atoms with E-state index in [4.69, 9.17) is 0 Å². The second-order valence-electron chi connectivity index (χ2n) is 4.85. The molecule has 1 aliphatic rings. The van der Waals surface area contributed by atoms with Crippen LogP contribution in [-0.2, 0) is 0 Å². The van der Waals surface area contributed by atoms with Crippen LogP contribution in [-0.4, -0.2) is 12.6 Å². The number of unbranched alkanes of at least 4 members (excludes halogenated alkanes) is 2. The van der Waals surface area contributed by atoms with Crippen LogP contribution >= 0.6 is 0 Å². The lowest BCUT2D eigenvalue weighted by Gasteiger charge is -2.28. The number of rotatable bonds is 6. The first kappa shape index (κ1) is 12.0. The zero-order chi connectivity index (χ0) is 10.2. The van der Waals surface area contributed by atoms with Gasteiger partial charge in [0.15, 0.2) is 0 Å². The lowest BCUT2D eigenvalue weighted by molar-refractivity contribution is 0.281. The van der Waals surface area contributed by atoms with Gasteiger partial charge in [0.2, 0.25) is 0 Å². The third-order valence-electron chi connectivity index (χ3n) is 3.60. The first-order valence-corrected chi connectivity index (χ1v) is 6.58. The van der Waals surface area contributed by atoms with Gasteiger partial charge in [-0.3, -0.25) is 0 Å². The maximum absolute atomic E-state index is 3.69. The second kappa shape index (κ2) is 7.28. The fourth-order valence-electron chi connectivity index (χ4n) is 2.51. The van der Waals surface area contributed by atoms with Crippen molar-refractivity contribution < 1.29 is 0 Å². The van der Waals surface area contributed by atoms with E-state index in [9.17, 15) is 0 Å². The average Bonchev–Trinajstić information content (AvgIpc) is 2.25. The normalized spacial score (nSPS) is 21.0. The van der Waals surface area contributed by atoms with Crippen LogP contribution in [0.15, 0.2) is 0 Å². The smallest absolute Gasteiger partial charge is 0.00669 e. The molecule has 0 spiro atoms. The highest BCUT2D eigenvalue weighted by Gasteiger charge is 2.18. The van der Waals surface area contributed by atoms with Crippen molar-refractivity contribution >= 4 is 0 Å². The van der Waals surface area contributed by atoms with Crippen molar-refractivity contribution in [3.05, 3.63) is 0 Å². The van der Waals surface area contributed by atoms with Crippen molar-refractivity contribution in [3.63, 3.8) is 0 Å². The highest BCUT2D eigenvalue weighted by atomic mass is 14.9.